The second-order valence-electron chi connectivity index (χ2n) is 8.81. The van der Waals surface area contributed by atoms with Gasteiger partial charge in [0.25, 0.3) is 11.5 Å². The van der Waals surface area contributed by atoms with E-state index in [1.165, 1.54) is 0 Å². The number of benzene rings is 1. The maximum atomic E-state index is 12.7. The lowest BCUT2D eigenvalue weighted by Gasteiger charge is -2.35. The Morgan fingerprint density at radius 2 is 1.94 bits per heavy atom. The minimum Gasteiger partial charge on any atom is -0.350 e. The number of aromatic amines is 1. The summed E-state index contributed by atoms with van der Waals surface area (Å²) in [6.45, 7) is 2.91. The van der Waals surface area contributed by atoms with Gasteiger partial charge in [-0.2, -0.15) is 20.5 Å². The molecule has 9 nitrogen and oxygen atoms in total. The molecule has 1 amide bonds. The first-order chi connectivity index (χ1) is 15.7. The number of H-pyrrole nitrogens is 1. The Morgan fingerprint density at radius 3 is 2.88 bits per heavy atom. The van der Waals surface area contributed by atoms with Crippen molar-refractivity contribution in [2.24, 2.45) is 0 Å². The molecule has 2 N–H and O–H groups in total. The molecule has 1 aliphatic heterocycles. The third-order valence-electron chi connectivity index (χ3n) is 6.70. The zero-order valence-corrected chi connectivity index (χ0v) is 18.2. The number of nitrogens with zero attached hydrogens (tertiary/aromatic N) is 5. The molecule has 0 radical (unpaired) electrons. The first-order valence-electron chi connectivity index (χ1n) is 11.6. The van der Waals surface area contributed by atoms with Gasteiger partial charge in [0.2, 0.25) is 0 Å². The van der Waals surface area contributed by atoms with Crippen molar-refractivity contribution in [1.29, 1.82) is 0 Å². The number of hydrogen-bond acceptors (Lipinski definition) is 6. The second-order valence-corrected chi connectivity index (χ2v) is 8.81. The molecule has 1 saturated heterocycles. The van der Waals surface area contributed by atoms with Crippen molar-refractivity contribution in [1.82, 2.24) is 35.4 Å². The summed E-state index contributed by atoms with van der Waals surface area (Å²) in [4.78, 5) is 27.6. The number of carbonyl (C=O) groups excluding carboxylic acids is 1. The number of fused-ring (bicyclic) bond motifs is 2. The fraction of sp³-hybridized carbons (Fsp3) is 0.522. The molecule has 1 unspecified atom stereocenters. The lowest BCUT2D eigenvalue weighted by molar-refractivity contribution is 0.0909. The number of likely N-dealkylation sites (tertiary alicyclic amines) is 1. The third kappa shape index (κ3) is 4.43. The van der Waals surface area contributed by atoms with Crippen LogP contribution in [0.5, 0.6) is 0 Å². The van der Waals surface area contributed by atoms with Crippen LogP contribution in [-0.2, 0) is 19.4 Å². The van der Waals surface area contributed by atoms with Crippen LogP contribution in [0, 0.1) is 0 Å². The van der Waals surface area contributed by atoms with Crippen LogP contribution in [0.15, 0.2) is 29.1 Å². The largest absolute Gasteiger partial charge is 0.350 e. The molecule has 32 heavy (non-hydrogen) atoms. The van der Waals surface area contributed by atoms with Crippen molar-refractivity contribution < 1.29 is 4.79 Å². The third-order valence-corrected chi connectivity index (χ3v) is 6.70. The SMILES string of the molecule is O=C(NCC1CCCCN1CCn1nc2c(cc1=O)CCCC2)c1ccc2n[nH]nc2c1. The summed E-state index contributed by atoms with van der Waals surface area (Å²) < 4.78 is 1.63. The molecular formula is C23H29N7O2. The predicted octanol–water partition coefficient (Wildman–Crippen LogP) is 1.68. The summed E-state index contributed by atoms with van der Waals surface area (Å²) in [6, 6.07) is 7.36. The normalized spacial score (nSPS) is 19.1. The molecule has 2 aliphatic rings. The Labute approximate surface area is 186 Å². The summed E-state index contributed by atoms with van der Waals surface area (Å²) >= 11 is 0. The topological polar surface area (TPSA) is 109 Å². The standard InChI is InChI=1S/C23H29N7O2/c31-22-14-16-5-1-2-7-19(16)27-30(22)12-11-29-10-4-3-6-18(29)15-24-23(32)17-8-9-20-21(13-17)26-28-25-20/h8-9,13-14,18H,1-7,10-12,15H2,(H,24,32)(H,25,26,28). The van der Waals surface area contributed by atoms with Crippen LogP contribution < -0.4 is 10.9 Å². The van der Waals surface area contributed by atoms with Crippen LogP contribution in [0.3, 0.4) is 0 Å². The maximum Gasteiger partial charge on any atom is 0.267 e. The molecule has 0 spiro atoms. The Balaban J connectivity index is 1.20. The summed E-state index contributed by atoms with van der Waals surface area (Å²) in [6.07, 6.45) is 7.55. The first-order valence-corrected chi connectivity index (χ1v) is 11.6. The molecular weight excluding hydrogens is 406 g/mol. The molecule has 168 valence electrons. The molecule has 1 atom stereocenters. The maximum absolute atomic E-state index is 12.7. The average Bonchev–Trinajstić information content (AvgIpc) is 3.29. The zero-order valence-electron chi connectivity index (χ0n) is 18.2. The van der Waals surface area contributed by atoms with E-state index in [9.17, 15) is 9.59 Å². The lowest BCUT2D eigenvalue weighted by Crippen LogP contribution is -2.48. The number of aromatic nitrogens is 5. The van der Waals surface area contributed by atoms with Gasteiger partial charge >= 0.3 is 0 Å². The van der Waals surface area contributed by atoms with Crippen molar-refractivity contribution in [3.63, 3.8) is 0 Å². The molecule has 0 bridgehead atoms. The summed E-state index contributed by atoms with van der Waals surface area (Å²) in [5.41, 5.74) is 4.21. The number of amides is 1. The minimum atomic E-state index is -0.104. The van der Waals surface area contributed by atoms with Gasteiger partial charge in [-0.15, -0.1) is 0 Å². The smallest absolute Gasteiger partial charge is 0.267 e. The van der Waals surface area contributed by atoms with E-state index in [1.54, 1.807) is 28.9 Å². The molecule has 1 aliphatic carbocycles. The van der Waals surface area contributed by atoms with Crippen LogP contribution in [0.4, 0.5) is 0 Å². The summed E-state index contributed by atoms with van der Waals surface area (Å²) in [5.74, 6) is -0.104. The van der Waals surface area contributed by atoms with E-state index in [2.05, 4.69) is 30.7 Å². The number of piperidine rings is 1. The van der Waals surface area contributed by atoms with Gasteiger partial charge in [0.1, 0.15) is 11.0 Å². The van der Waals surface area contributed by atoms with Crippen molar-refractivity contribution >= 4 is 16.9 Å². The molecule has 3 aromatic rings. The van der Waals surface area contributed by atoms with E-state index < -0.39 is 0 Å². The van der Waals surface area contributed by atoms with Crippen LogP contribution in [0.25, 0.3) is 11.0 Å². The molecule has 5 rings (SSSR count). The van der Waals surface area contributed by atoms with Crippen molar-refractivity contribution in [2.75, 3.05) is 19.6 Å². The highest BCUT2D eigenvalue weighted by atomic mass is 16.1. The van der Waals surface area contributed by atoms with Crippen molar-refractivity contribution in [3.05, 3.63) is 51.4 Å². The highest BCUT2D eigenvalue weighted by molar-refractivity contribution is 5.97. The van der Waals surface area contributed by atoms with Gasteiger partial charge in [0.15, 0.2) is 0 Å². The van der Waals surface area contributed by atoms with Gasteiger partial charge in [0, 0.05) is 30.8 Å². The lowest BCUT2D eigenvalue weighted by atomic mass is 9.97. The van der Waals surface area contributed by atoms with E-state index in [0.717, 1.165) is 74.8 Å². The van der Waals surface area contributed by atoms with E-state index in [1.807, 2.05) is 0 Å². The average molecular weight is 436 g/mol. The van der Waals surface area contributed by atoms with E-state index >= 15 is 0 Å². The number of rotatable bonds is 6. The number of aryl methyl sites for hydroxylation is 2. The summed E-state index contributed by atoms with van der Waals surface area (Å²) in [5, 5.41) is 18.4. The van der Waals surface area contributed by atoms with Gasteiger partial charge in [-0.3, -0.25) is 14.5 Å². The van der Waals surface area contributed by atoms with Crippen LogP contribution in [0.2, 0.25) is 0 Å². The molecule has 2 aromatic heterocycles. The highest BCUT2D eigenvalue weighted by Crippen LogP contribution is 2.18. The van der Waals surface area contributed by atoms with Crippen LogP contribution in [-0.4, -0.2) is 61.7 Å². The molecule has 3 heterocycles. The number of hydrogen-bond donors (Lipinski definition) is 2. The van der Waals surface area contributed by atoms with Gasteiger partial charge in [0.05, 0.1) is 12.2 Å². The Bertz CT molecular complexity index is 1170. The van der Waals surface area contributed by atoms with Gasteiger partial charge in [-0.25, -0.2) is 4.68 Å². The number of carbonyl (C=O) groups is 1. The van der Waals surface area contributed by atoms with Gasteiger partial charge in [-0.1, -0.05) is 6.42 Å². The molecule has 0 saturated carbocycles. The van der Waals surface area contributed by atoms with Crippen LogP contribution in [0.1, 0.15) is 53.7 Å². The fourth-order valence-corrected chi connectivity index (χ4v) is 4.86. The number of nitrogens with one attached hydrogen (secondary N) is 2. The van der Waals surface area contributed by atoms with Crippen LogP contribution >= 0.6 is 0 Å². The van der Waals surface area contributed by atoms with Gasteiger partial charge in [-0.05, 0) is 68.8 Å². The fourth-order valence-electron chi connectivity index (χ4n) is 4.86. The van der Waals surface area contributed by atoms with E-state index in [-0.39, 0.29) is 17.5 Å². The second kappa shape index (κ2) is 9.20. The minimum absolute atomic E-state index is 0.00393. The molecule has 1 fully saturated rings. The predicted molar refractivity (Wildman–Crippen MR) is 121 cm³/mol. The highest BCUT2D eigenvalue weighted by Gasteiger charge is 2.23. The van der Waals surface area contributed by atoms with Crippen molar-refractivity contribution in [3.8, 4) is 0 Å². The van der Waals surface area contributed by atoms with Gasteiger partial charge < -0.3 is 5.32 Å². The van der Waals surface area contributed by atoms with E-state index in [0.29, 0.717) is 24.2 Å². The first kappa shape index (κ1) is 20.8. The monoisotopic (exact) mass is 435 g/mol. The quantitative estimate of drug-likeness (QED) is 0.610. The van der Waals surface area contributed by atoms with E-state index in [4.69, 9.17) is 0 Å². The molecule has 9 heteroatoms. The Hall–Kier alpha value is -3.07. The molecule has 1 aromatic carbocycles. The zero-order chi connectivity index (χ0) is 21.9. The Morgan fingerprint density at radius 1 is 1.06 bits per heavy atom. The van der Waals surface area contributed by atoms with Crippen molar-refractivity contribution in [2.45, 2.75) is 57.5 Å². The Kier molecular flexibility index (Phi) is 5.98. The summed E-state index contributed by atoms with van der Waals surface area (Å²) in [7, 11) is 0.